The van der Waals surface area contributed by atoms with E-state index in [1.807, 2.05) is 24.5 Å². The Balaban J connectivity index is 1.41. The Morgan fingerprint density at radius 3 is 2.65 bits per heavy atom. The first-order valence-electron chi connectivity index (χ1n) is 10.8. The van der Waals surface area contributed by atoms with Crippen LogP contribution in [0.5, 0.6) is 0 Å². The minimum Gasteiger partial charge on any atom is -0.299 e. The van der Waals surface area contributed by atoms with Crippen LogP contribution >= 0.6 is 23.1 Å². The van der Waals surface area contributed by atoms with Crippen molar-refractivity contribution in [3.63, 3.8) is 0 Å². The van der Waals surface area contributed by atoms with Crippen molar-refractivity contribution in [2.24, 2.45) is 5.92 Å². The van der Waals surface area contributed by atoms with Crippen molar-refractivity contribution in [1.82, 2.24) is 24.7 Å². The summed E-state index contributed by atoms with van der Waals surface area (Å²) in [6.45, 7) is 2.36. The highest BCUT2D eigenvalue weighted by molar-refractivity contribution is 7.98. The molecular formula is C24H25N5S2. The van der Waals surface area contributed by atoms with Crippen molar-refractivity contribution in [2.75, 3.05) is 0 Å². The number of hydrogen-bond acceptors (Lipinski definition) is 6. The standard InChI is InChI=1S/C24H25N5S2/c1-17-8-5-6-12-21(17)29-22(19-11-7-13-25-14-19)27-28-24(29)30-16-20-15-26-23(31-20)18-9-3-2-4-10-18/h2-4,7,9-11,13-15,17,21H,5-6,8,12,16H2,1H3/t17-,21-/m0/s1. The summed E-state index contributed by atoms with van der Waals surface area (Å²) < 4.78 is 2.38. The summed E-state index contributed by atoms with van der Waals surface area (Å²) in [7, 11) is 0. The summed E-state index contributed by atoms with van der Waals surface area (Å²) in [4.78, 5) is 10.2. The lowest BCUT2D eigenvalue weighted by Crippen LogP contribution is -2.22. The number of rotatable bonds is 6. The average Bonchev–Trinajstić information content (AvgIpc) is 3.46. The number of thioether (sulfide) groups is 1. The van der Waals surface area contributed by atoms with Crippen molar-refractivity contribution < 1.29 is 0 Å². The van der Waals surface area contributed by atoms with Gasteiger partial charge in [-0.25, -0.2) is 4.98 Å². The van der Waals surface area contributed by atoms with E-state index in [-0.39, 0.29) is 0 Å². The zero-order valence-corrected chi connectivity index (χ0v) is 19.1. The average molecular weight is 448 g/mol. The number of hydrogen-bond donors (Lipinski definition) is 0. The van der Waals surface area contributed by atoms with Gasteiger partial charge in [0.2, 0.25) is 0 Å². The zero-order chi connectivity index (χ0) is 21.0. The van der Waals surface area contributed by atoms with Crippen LogP contribution < -0.4 is 0 Å². The van der Waals surface area contributed by atoms with Gasteiger partial charge in [-0.15, -0.1) is 21.5 Å². The normalized spacial score (nSPS) is 18.9. The highest BCUT2D eigenvalue weighted by atomic mass is 32.2. The molecule has 0 saturated heterocycles. The van der Waals surface area contributed by atoms with Crippen molar-refractivity contribution in [3.8, 4) is 22.0 Å². The Labute approximate surface area is 191 Å². The van der Waals surface area contributed by atoms with Gasteiger partial charge in [-0.2, -0.15) is 0 Å². The molecule has 1 aliphatic rings. The maximum absolute atomic E-state index is 4.63. The predicted octanol–water partition coefficient (Wildman–Crippen LogP) is 6.51. The maximum atomic E-state index is 4.63. The molecule has 1 aromatic carbocycles. The van der Waals surface area contributed by atoms with E-state index in [0.717, 1.165) is 27.3 Å². The van der Waals surface area contributed by atoms with Crippen LogP contribution in [0.2, 0.25) is 0 Å². The van der Waals surface area contributed by atoms with E-state index in [1.165, 1.54) is 36.1 Å². The molecule has 1 fully saturated rings. The van der Waals surface area contributed by atoms with Crippen LogP contribution in [0.15, 0.2) is 66.2 Å². The van der Waals surface area contributed by atoms with Crippen LogP contribution in [0.1, 0.15) is 43.5 Å². The molecule has 158 valence electrons. The van der Waals surface area contributed by atoms with Crippen molar-refractivity contribution in [1.29, 1.82) is 0 Å². The van der Waals surface area contributed by atoms with Gasteiger partial charge in [-0.3, -0.25) is 9.55 Å². The lowest BCUT2D eigenvalue weighted by Gasteiger charge is -2.31. The van der Waals surface area contributed by atoms with Crippen LogP contribution in [0.4, 0.5) is 0 Å². The molecule has 0 N–H and O–H groups in total. The van der Waals surface area contributed by atoms with E-state index in [1.54, 1.807) is 29.3 Å². The molecule has 4 aromatic rings. The highest BCUT2D eigenvalue weighted by Gasteiger charge is 2.28. The minimum atomic E-state index is 0.433. The van der Waals surface area contributed by atoms with Gasteiger partial charge >= 0.3 is 0 Å². The second-order valence-electron chi connectivity index (χ2n) is 8.03. The molecule has 3 heterocycles. The molecule has 0 unspecified atom stereocenters. The second-order valence-corrected chi connectivity index (χ2v) is 10.1. The molecule has 0 spiro atoms. The number of pyridine rings is 1. The molecule has 3 aromatic heterocycles. The summed E-state index contributed by atoms with van der Waals surface area (Å²) in [5.74, 6) is 2.40. The van der Waals surface area contributed by atoms with Gasteiger partial charge < -0.3 is 0 Å². The molecular weight excluding hydrogens is 422 g/mol. The largest absolute Gasteiger partial charge is 0.299 e. The first-order chi connectivity index (χ1) is 15.3. The van der Waals surface area contributed by atoms with Gasteiger partial charge in [-0.05, 0) is 30.9 Å². The molecule has 1 aliphatic carbocycles. The lowest BCUT2D eigenvalue weighted by molar-refractivity contribution is 0.247. The van der Waals surface area contributed by atoms with Crippen molar-refractivity contribution >= 4 is 23.1 Å². The monoisotopic (exact) mass is 447 g/mol. The zero-order valence-electron chi connectivity index (χ0n) is 17.5. The quantitative estimate of drug-likeness (QED) is 0.315. The van der Waals surface area contributed by atoms with E-state index >= 15 is 0 Å². The van der Waals surface area contributed by atoms with E-state index < -0.39 is 0 Å². The van der Waals surface area contributed by atoms with Crippen LogP contribution in [0, 0.1) is 5.92 Å². The van der Waals surface area contributed by atoms with E-state index in [0.29, 0.717) is 12.0 Å². The third-order valence-electron chi connectivity index (χ3n) is 5.90. The lowest BCUT2D eigenvalue weighted by atomic mass is 9.85. The van der Waals surface area contributed by atoms with Crippen LogP contribution in [0.3, 0.4) is 0 Å². The Kier molecular flexibility index (Phi) is 6.13. The number of thiazole rings is 1. The van der Waals surface area contributed by atoms with Crippen LogP contribution in [-0.2, 0) is 5.75 Å². The Hall–Kier alpha value is -2.51. The SMILES string of the molecule is C[C@H]1CCCC[C@@H]1n1c(SCc2cnc(-c3ccccc3)s2)nnc1-c1cccnc1. The molecule has 0 aliphatic heterocycles. The fourth-order valence-electron chi connectivity index (χ4n) is 4.27. The fourth-order valence-corrected chi connectivity index (χ4v) is 6.20. The Bertz CT molecular complexity index is 1120. The molecule has 5 nitrogen and oxygen atoms in total. The Morgan fingerprint density at radius 1 is 1.00 bits per heavy atom. The first-order valence-corrected chi connectivity index (χ1v) is 12.6. The molecule has 0 radical (unpaired) electrons. The first kappa shape index (κ1) is 20.4. The van der Waals surface area contributed by atoms with Crippen molar-refractivity contribution in [2.45, 2.75) is 49.6 Å². The van der Waals surface area contributed by atoms with Crippen LogP contribution in [-0.4, -0.2) is 24.7 Å². The summed E-state index contributed by atoms with van der Waals surface area (Å²) >= 11 is 3.51. The van der Waals surface area contributed by atoms with Gasteiger partial charge in [0, 0.05) is 46.4 Å². The van der Waals surface area contributed by atoms with Gasteiger partial charge in [0.1, 0.15) is 5.01 Å². The van der Waals surface area contributed by atoms with Gasteiger partial charge in [-0.1, -0.05) is 61.9 Å². The van der Waals surface area contributed by atoms with Crippen LogP contribution in [0.25, 0.3) is 22.0 Å². The third kappa shape index (κ3) is 4.43. The molecule has 1 saturated carbocycles. The van der Waals surface area contributed by atoms with E-state index in [9.17, 15) is 0 Å². The maximum Gasteiger partial charge on any atom is 0.192 e. The van der Waals surface area contributed by atoms with Gasteiger partial charge in [0.05, 0.1) is 0 Å². The van der Waals surface area contributed by atoms with E-state index in [4.69, 9.17) is 0 Å². The molecule has 2 atom stereocenters. The van der Waals surface area contributed by atoms with E-state index in [2.05, 4.69) is 62.0 Å². The predicted molar refractivity (Wildman–Crippen MR) is 127 cm³/mol. The molecule has 31 heavy (non-hydrogen) atoms. The second kappa shape index (κ2) is 9.32. The smallest absolute Gasteiger partial charge is 0.192 e. The summed E-state index contributed by atoms with van der Waals surface area (Å²) in [5, 5.41) is 11.3. The van der Waals surface area contributed by atoms with Gasteiger partial charge in [0.15, 0.2) is 11.0 Å². The summed E-state index contributed by atoms with van der Waals surface area (Å²) in [6, 6.07) is 14.8. The molecule has 0 amide bonds. The summed E-state index contributed by atoms with van der Waals surface area (Å²) in [5.41, 5.74) is 2.20. The topological polar surface area (TPSA) is 56.5 Å². The number of benzene rings is 1. The molecule has 0 bridgehead atoms. The fraction of sp³-hybridized carbons (Fsp3) is 0.333. The third-order valence-corrected chi connectivity index (χ3v) is 8.12. The molecule has 7 heteroatoms. The number of nitrogens with zero attached hydrogens (tertiary/aromatic N) is 5. The highest BCUT2D eigenvalue weighted by Crippen LogP contribution is 2.39. The summed E-state index contributed by atoms with van der Waals surface area (Å²) in [6.07, 6.45) is 10.7. The van der Waals surface area contributed by atoms with Crippen molar-refractivity contribution in [3.05, 3.63) is 65.9 Å². The minimum absolute atomic E-state index is 0.433. The number of aromatic nitrogens is 5. The molecule has 5 rings (SSSR count). The van der Waals surface area contributed by atoms with Gasteiger partial charge in [0.25, 0.3) is 0 Å². The Morgan fingerprint density at radius 2 is 1.84 bits per heavy atom.